The molecule has 16 heavy (non-hydrogen) atoms. The van der Waals surface area contributed by atoms with Crippen LogP contribution >= 0.6 is 0 Å². The largest absolute Gasteiger partial charge is 0.395 e. The average Bonchev–Trinajstić information content (AvgIpc) is 2.29. The molecule has 4 nitrogen and oxygen atoms in total. The Balaban J connectivity index is 2.55. The maximum Gasteiger partial charge on any atom is 0.0916 e. The first-order chi connectivity index (χ1) is 7.67. The van der Waals surface area contributed by atoms with E-state index in [0.29, 0.717) is 19.6 Å². The zero-order valence-electron chi connectivity index (χ0n) is 9.63. The van der Waals surface area contributed by atoms with Crippen LogP contribution in [0, 0.1) is 0 Å². The fraction of sp³-hybridized carbons (Fsp3) is 0.500. The molecule has 4 heteroatoms. The van der Waals surface area contributed by atoms with E-state index in [1.807, 2.05) is 36.2 Å². The van der Waals surface area contributed by atoms with Gasteiger partial charge in [0, 0.05) is 19.6 Å². The minimum absolute atomic E-state index is 0.106. The first kappa shape index (κ1) is 13.1. The predicted molar refractivity (Wildman–Crippen MR) is 63.9 cm³/mol. The molecule has 0 heterocycles. The Hall–Kier alpha value is -0.940. The van der Waals surface area contributed by atoms with Gasteiger partial charge in [0.1, 0.15) is 0 Å². The Morgan fingerprint density at radius 2 is 1.94 bits per heavy atom. The van der Waals surface area contributed by atoms with Crippen LogP contribution in [0.25, 0.3) is 0 Å². The molecule has 1 aromatic rings. The maximum absolute atomic E-state index is 9.93. The summed E-state index contributed by atoms with van der Waals surface area (Å²) in [4.78, 5) is 1.89. The minimum atomic E-state index is -0.525. The summed E-state index contributed by atoms with van der Waals surface area (Å²) in [6.07, 6.45) is -0.525. The summed E-state index contributed by atoms with van der Waals surface area (Å²) in [6.45, 7) is 1.70. The lowest BCUT2D eigenvalue weighted by Crippen LogP contribution is -2.27. The molecule has 0 spiro atoms. The number of hydrogen-bond acceptors (Lipinski definition) is 4. The van der Waals surface area contributed by atoms with Crippen LogP contribution in [0.4, 0.5) is 0 Å². The van der Waals surface area contributed by atoms with Crippen molar-refractivity contribution in [3.05, 3.63) is 35.4 Å². The van der Waals surface area contributed by atoms with Gasteiger partial charge in [-0.1, -0.05) is 24.3 Å². The van der Waals surface area contributed by atoms with Crippen LogP contribution < -0.4 is 5.73 Å². The first-order valence-corrected chi connectivity index (χ1v) is 5.43. The summed E-state index contributed by atoms with van der Waals surface area (Å²) in [5.74, 6) is 0. The summed E-state index contributed by atoms with van der Waals surface area (Å²) >= 11 is 0. The van der Waals surface area contributed by atoms with Crippen molar-refractivity contribution in [1.82, 2.24) is 4.90 Å². The van der Waals surface area contributed by atoms with Crippen molar-refractivity contribution in [2.75, 3.05) is 26.7 Å². The normalized spacial score (nSPS) is 13.1. The highest BCUT2D eigenvalue weighted by Crippen LogP contribution is 2.14. The van der Waals surface area contributed by atoms with Crippen molar-refractivity contribution in [1.29, 1.82) is 0 Å². The van der Waals surface area contributed by atoms with Gasteiger partial charge in [-0.2, -0.15) is 0 Å². The van der Waals surface area contributed by atoms with Crippen molar-refractivity contribution < 1.29 is 10.2 Å². The van der Waals surface area contributed by atoms with Gasteiger partial charge in [0.2, 0.25) is 0 Å². The van der Waals surface area contributed by atoms with Crippen molar-refractivity contribution in [2.45, 2.75) is 12.6 Å². The molecule has 4 N–H and O–H groups in total. The highest BCUT2D eigenvalue weighted by molar-refractivity contribution is 5.24. The lowest BCUT2D eigenvalue weighted by molar-refractivity contribution is 0.115. The van der Waals surface area contributed by atoms with Crippen LogP contribution in [-0.2, 0) is 6.54 Å². The van der Waals surface area contributed by atoms with E-state index in [-0.39, 0.29) is 6.61 Å². The lowest BCUT2D eigenvalue weighted by Gasteiger charge is -2.19. The minimum Gasteiger partial charge on any atom is -0.395 e. The van der Waals surface area contributed by atoms with Gasteiger partial charge in [0.25, 0.3) is 0 Å². The quantitative estimate of drug-likeness (QED) is 0.641. The molecule has 0 aliphatic rings. The van der Waals surface area contributed by atoms with Crippen molar-refractivity contribution in [2.24, 2.45) is 5.73 Å². The second-order valence-electron chi connectivity index (χ2n) is 3.95. The molecular weight excluding hydrogens is 204 g/mol. The molecule has 0 aliphatic heterocycles. The van der Waals surface area contributed by atoms with E-state index in [9.17, 15) is 5.11 Å². The molecule has 1 atom stereocenters. The molecule has 0 saturated heterocycles. The van der Waals surface area contributed by atoms with E-state index in [2.05, 4.69) is 0 Å². The van der Waals surface area contributed by atoms with E-state index in [1.54, 1.807) is 0 Å². The summed E-state index contributed by atoms with van der Waals surface area (Å²) in [6, 6.07) is 7.62. The first-order valence-electron chi connectivity index (χ1n) is 5.43. The number of nitrogens with zero attached hydrogens (tertiary/aromatic N) is 1. The summed E-state index contributed by atoms with van der Waals surface area (Å²) in [7, 11) is 1.87. The van der Waals surface area contributed by atoms with E-state index < -0.39 is 6.10 Å². The molecule has 0 fully saturated rings. The molecule has 1 aromatic carbocycles. The van der Waals surface area contributed by atoms with Crippen LogP contribution in [0.2, 0.25) is 0 Å². The predicted octanol–water partition coefficient (Wildman–Crippen LogP) is 0.103. The number of hydrogen-bond donors (Lipinski definition) is 3. The number of aliphatic hydroxyl groups excluding tert-OH is 2. The van der Waals surface area contributed by atoms with Crippen LogP contribution in [-0.4, -0.2) is 41.9 Å². The Morgan fingerprint density at radius 1 is 1.31 bits per heavy atom. The van der Waals surface area contributed by atoms with Crippen molar-refractivity contribution in [3.8, 4) is 0 Å². The van der Waals surface area contributed by atoms with E-state index in [1.165, 1.54) is 0 Å². The molecule has 90 valence electrons. The Bertz CT molecular complexity index is 300. The van der Waals surface area contributed by atoms with E-state index in [4.69, 9.17) is 10.8 Å². The number of aliphatic hydroxyl groups is 2. The van der Waals surface area contributed by atoms with Gasteiger partial charge < -0.3 is 20.8 Å². The van der Waals surface area contributed by atoms with Gasteiger partial charge in [-0.15, -0.1) is 0 Å². The number of likely N-dealkylation sites (N-methyl/N-ethyl adjacent to an activating group) is 1. The van der Waals surface area contributed by atoms with Gasteiger partial charge in [-0.3, -0.25) is 0 Å². The fourth-order valence-electron chi connectivity index (χ4n) is 1.54. The molecule has 1 unspecified atom stereocenters. The Kier molecular flexibility index (Phi) is 5.42. The molecule has 0 aromatic heterocycles. The smallest absolute Gasteiger partial charge is 0.0916 e. The van der Waals surface area contributed by atoms with Gasteiger partial charge in [0.05, 0.1) is 12.7 Å². The average molecular weight is 224 g/mol. The number of nitrogens with two attached hydrogens (primary N) is 1. The monoisotopic (exact) mass is 224 g/mol. The van der Waals surface area contributed by atoms with Crippen LogP contribution in [0.5, 0.6) is 0 Å². The molecule has 0 radical (unpaired) electrons. The summed E-state index contributed by atoms with van der Waals surface area (Å²) in [5.41, 5.74) is 7.43. The number of rotatable bonds is 6. The van der Waals surface area contributed by atoms with Gasteiger partial charge in [-0.05, 0) is 18.2 Å². The fourth-order valence-corrected chi connectivity index (χ4v) is 1.54. The second kappa shape index (κ2) is 6.60. The van der Waals surface area contributed by atoms with Crippen molar-refractivity contribution >= 4 is 0 Å². The van der Waals surface area contributed by atoms with Gasteiger partial charge >= 0.3 is 0 Å². The zero-order chi connectivity index (χ0) is 12.0. The van der Waals surface area contributed by atoms with E-state index in [0.717, 1.165) is 11.1 Å². The standard InChI is InChI=1S/C12H20N2O2/c1-14(6-7-15)9-12(16)11-4-2-10(8-13)3-5-11/h2-5,12,15-16H,6-9,13H2,1H3. The third-order valence-corrected chi connectivity index (χ3v) is 2.57. The van der Waals surface area contributed by atoms with Crippen LogP contribution in [0.1, 0.15) is 17.2 Å². The highest BCUT2D eigenvalue weighted by Gasteiger charge is 2.09. The molecule has 1 rings (SSSR count). The van der Waals surface area contributed by atoms with Crippen LogP contribution in [0.3, 0.4) is 0 Å². The third kappa shape index (κ3) is 3.90. The Labute approximate surface area is 96.3 Å². The van der Waals surface area contributed by atoms with Crippen LogP contribution in [0.15, 0.2) is 24.3 Å². The summed E-state index contributed by atoms with van der Waals surface area (Å²) in [5, 5.41) is 18.7. The van der Waals surface area contributed by atoms with E-state index >= 15 is 0 Å². The SMILES string of the molecule is CN(CCO)CC(O)c1ccc(CN)cc1. The topological polar surface area (TPSA) is 69.7 Å². The zero-order valence-corrected chi connectivity index (χ0v) is 9.63. The summed E-state index contributed by atoms with van der Waals surface area (Å²) < 4.78 is 0. The molecule has 0 bridgehead atoms. The maximum atomic E-state index is 9.93. The Morgan fingerprint density at radius 3 is 2.44 bits per heavy atom. The van der Waals surface area contributed by atoms with Gasteiger partial charge in [-0.25, -0.2) is 0 Å². The highest BCUT2D eigenvalue weighted by atomic mass is 16.3. The molecule has 0 saturated carbocycles. The van der Waals surface area contributed by atoms with Gasteiger partial charge in [0.15, 0.2) is 0 Å². The third-order valence-electron chi connectivity index (χ3n) is 2.57. The second-order valence-corrected chi connectivity index (χ2v) is 3.95. The molecule has 0 amide bonds. The molecule has 0 aliphatic carbocycles. The molecular formula is C12H20N2O2. The number of benzene rings is 1. The van der Waals surface area contributed by atoms with Crippen molar-refractivity contribution in [3.63, 3.8) is 0 Å². The lowest BCUT2D eigenvalue weighted by atomic mass is 10.1.